The van der Waals surface area contributed by atoms with Gasteiger partial charge in [-0.15, -0.1) is 12.4 Å². The number of piperidine rings is 1. The molecule has 0 unspecified atom stereocenters. The number of fused-ring (bicyclic) bond motifs is 1. The predicted molar refractivity (Wildman–Crippen MR) is 79.5 cm³/mol. The number of benzene rings is 1. The second-order valence-electron chi connectivity index (χ2n) is 4.88. The summed E-state index contributed by atoms with van der Waals surface area (Å²) in [6.45, 7) is 4.56. The van der Waals surface area contributed by atoms with Gasteiger partial charge in [0.1, 0.15) is 12.1 Å². The van der Waals surface area contributed by atoms with Gasteiger partial charge in [0.25, 0.3) is 0 Å². The summed E-state index contributed by atoms with van der Waals surface area (Å²) in [6, 6.07) is 8.24. The molecule has 0 aliphatic carbocycles. The van der Waals surface area contributed by atoms with E-state index >= 15 is 0 Å². The smallest absolute Gasteiger partial charge is 0.139 e. The minimum atomic E-state index is 0. The molecule has 0 amide bonds. The summed E-state index contributed by atoms with van der Waals surface area (Å²) in [5.41, 5.74) is 1.04. The molecular formula is C14H20ClN3. The molecule has 0 atom stereocenters. The summed E-state index contributed by atoms with van der Waals surface area (Å²) >= 11 is 0. The van der Waals surface area contributed by atoms with Gasteiger partial charge >= 0.3 is 0 Å². The molecule has 2 heterocycles. The van der Waals surface area contributed by atoms with Crippen LogP contribution in [0.5, 0.6) is 0 Å². The maximum Gasteiger partial charge on any atom is 0.139 e. The van der Waals surface area contributed by atoms with Crippen LogP contribution in [-0.2, 0) is 0 Å². The zero-order valence-corrected chi connectivity index (χ0v) is 11.4. The Hall–Kier alpha value is -1.35. The molecule has 4 heteroatoms. The monoisotopic (exact) mass is 265 g/mol. The minimum absolute atomic E-state index is 0. The van der Waals surface area contributed by atoms with Crippen molar-refractivity contribution < 1.29 is 1.43 Å². The number of aromatic nitrogens is 2. The van der Waals surface area contributed by atoms with Gasteiger partial charge in [-0.3, -0.25) is 0 Å². The van der Waals surface area contributed by atoms with Gasteiger partial charge in [0.15, 0.2) is 0 Å². The third-order valence-corrected chi connectivity index (χ3v) is 3.60. The Morgan fingerprint density at radius 3 is 2.67 bits per heavy atom. The maximum atomic E-state index is 4.47. The molecule has 3 rings (SSSR count). The van der Waals surface area contributed by atoms with Crippen LogP contribution in [0.3, 0.4) is 0 Å². The van der Waals surface area contributed by atoms with E-state index < -0.39 is 0 Å². The first kappa shape index (κ1) is 13.1. The zero-order valence-electron chi connectivity index (χ0n) is 10.5. The first-order valence-corrected chi connectivity index (χ1v) is 6.29. The second-order valence-corrected chi connectivity index (χ2v) is 4.88. The van der Waals surface area contributed by atoms with Crippen molar-refractivity contribution in [2.24, 2.45) is 5.92 Å². The van der Waals surface area contributed by atoms with E-state index in [0.29, 0.717) is 0 Å². The van der Waals surface area contributed by atoms with E-state index in [4.69, 9.17) is 0 Å². The molecule has 1 saturated heterocycles. The van der Waals surface area contributed by atoms with Crippen molar-refractivity contribution in [1.29, 1.82) is 0 Å². The van der Waals surface area contributed by atoms with Gasteiger partial charge < -0.3 is 4.90 Å². The van der Waals surface area contributed by atoms with E-state index in [9.17, 15) is 0 Å². The predicted octanol–water partition coefficient (Wildman–Crippen LogP) is 3.53. The first-order chi connectivity index (χ1) is 8.34. The number of rotatable bonds is 1. The van der Waals surface area contributed by atoms with Crippen LogP contribution in [0.1, 0.15) is 21.2 Å². The summed E-state index contributed by atoms with van der Waals surface area (Å²) < 4.78 is 0. The second kappa shape index (κ2) is 5.53. The molecule has 0 spiro atoms. The quantitative estimate of drug-likeness (QED) is 0.790. The van der Waals surface area contributed by atoms with Crippen LogP contribution in [0.15, 0.2) is 30.6 Å². The lowest BCUT2D eigenvalue weighted by atomic mass is 9.99. The largest absolute Gasteiger partial charge is 0.356 e. The molecule has 2 aromatic rings. The molecule has 1 aromatic heterocycles. The van der Waals surface area contributed by atoms with Gasteiger partial charge in [-0.05, 0) is 30.9 Å². The first-order valence-electron chi connectivity index (χ1n) is 6.29. The van der Waals surface area contributed by atoms with Gasteiger partial charge in [0, 0.05) is 19.9 Å². The van der Waals surface area contributed by atoms with E-state index in [2.05, 4.69) is 33.9 Å². The van der Waals surface area contributed by atoms with Crippen molar-refractivity contribution >= 4 is 29.1 Å². The molecule has 1 aromatic carbocycles. The van der Waals surface area contributed by atoms with Crippen LogP contribution in [0.25, 0.3) is 10.9 Å². The number of hydrogen-bond donors (Lipinski definition) is 0. The van der Waals surface area contributed by atoms with Crippen LogP contribution in [-0.4, -0.2) is 23.1 Å². The summed E-state index contributed by atoms with van der Waals surface area (Å²) in [4.78, 5) is 11.2. The molecule has 1 aliphatic rings. The van der Waals surface area contributed by atoms with E-state index in [1.165, 1.54) is 18.2 Å². The highest BCUT2D eigenvalue weighted by Crippen LogP contribution is 2.26. The molecule has 98 valence electrons. The molecule has 3 nitrogen and oxygen atoms in total. The van der Waals surface area contributed by atoms with E-state index in [0.717, 1.165) is 30.3 Å². The lowest BCUT2D eigenvalue weighted by Crippen LogP contribution is -2.33. The molecular weight excluding hydrogens is 246 g/mol. The standard InChI is InChI=1S/C14H17N3.ClH.H2/c1-11-6-8-17(9-7-11)14-12-4-2-3-5-13(12)15-10-16-14;;/h2-5,10-11H,6-9H2,1H3;2*1H. The van der Waals surface area contributed by atoms with Gasteiger partial charge in [0.05, 0.1) is 5.52 Å². The van der Waals surface area contributed by atoms with Crippen molar-refractivity contribution in [1.82, 2.24) is 9.97 Å². The van der Waals surface area contributed by atoms with Gasteiger partial charge in [-0.25, -0.2) is 9.97 Å². The molecule has 0 N–H and O–H groups in total. The van der Waals surface area contributed by atoms with Gasteiger partial charge in [-0.2, -0.15) is 0 Å². The third kappa shape index (κ3) is 2.41. The Labute approximate surface area is 115 Å². The van der Waals surface area contributed by atoms with Gasteiger partial charge in [-0.1, -0.05) is 19.1 Å². The lowest BCUT2D eigenvalue weighted by molar-refractivity contribution is 0.437. The molecule has 18 heavy (non-hydrogen) atoms. The molecule has 0 bridgehead atoms. The number of anilines is 1. The Balaban J connectivity index is 0.000000902. The summed E-state index contributed by atoms with van der Waals surface area (Å²) in [5.74, 6) is 1.95. The van der Waals surface area contributed by atoms with Crippen LogP contribution >= 0.6 is 12.4 Å². The van der Waals surface area contributed by atoms with Gasteiger partial charge in [0.2, 0.25) is 0 Å². The van der Waals surface area contributed by atoms with Crippen LogP contribution in [0.2, 0.25) is 0 Å². The zero-order chi connectivity index (χ0) is 11.7. The van der Waals surface area contributed by atoms with E-state index in [-0.39, 0.29) is 13.8 Å². The molecule has 1 fully saturated rings. The van der Waals surface area contributed by atoms with Crippen LogP contribution in [0.4, 0.5) is 5.82 Å². The van der Waals surface area contributed by atoms with Crippen molar-refractivity contribution in [2.75, 3.05) is 18.0 Å². The number of para-hydroxylation sites is 1. The Bertz CT molecular complexity index is 522. The average molecular weight is 266 g/mol. The Morgan fingerprint density at radius 1 is 1.17 bits per heavy atom. The van der Waals surface area contributed by atoms with Crippen molar-refractivity contribution in [3.63, 3.8) is 0 Å². The Kier molecular flexibility index (Phi) is 4.02. The van der Waals surface area contributed by atoms with E-state index in [1.807, 2.05) is 12.1 Å². The minimum Gasteiger partial charge on any atom is -0.356 e. The highest BCUT2D eigenvalue weighted by molar-refractivity contribution is 5.89. The Morgan fingerprint density at radius 2 is 1.89 bits per heavy atom. The number of hydrogen-bond acceptors (Lipinski definition) is 3. The molecule has 0 saturated carbocycles. The summed E-state index contributed by atoms with van der Waals surface area (Å²) in [6.07, 6.45) is 4.20. The fourth-order valence-electron chi connectivity index (χ4n) is 2.46. The lowest BCUT2D eigenvalue weighted by Gasteiger charge is -2.31. The normalized spacial score (nSPS) is 16.6. The number of nitrogens with zero attached hydrogens (tertiary/aromatic N) is 3. The van der Waals surface area contributed by atoms with Crippen LogP contribution in [0, 0.1) is 5.92 Å². The molecule has 1 aliphatic heterocycles. The van der Waals surface area contributed by atoms with Crippen molar-refractivity contribution in [3.05, 3.63) is 30.6 Å². The van der Waals surface area contributed by atoms with Crippen molar-refractivity contribution in [3.8, 4) is 0 Å². The third-order valence-electron chi connectivity index (χ3n) is 3.60. The topological polar surface area (TPSA) is 29.0 Å². The fraction of sp³-hybridized carbons (Fsp3) is 0.429. The van der Waals surface area contributed by atoms with E-state index in [1.54, 1.807) is 6.33 Å². The highest BCUT2D eigenvalue weighted by Gasteiger charge is 2.18. The SMILES string of the molecule is CC1CCN(c2ncnc3ccccc23)CC1.Cl.[HH]. The fourth-order valence-corrected chi connectivity index (χ4v) is 2.46. The number of halogens is 1. The highest BCUT2D eigenvalue weighted by atomic mass is 35.5. The average Bonchev–Trinajstić information content (AvgIpc) is 2.39. The van der Waals surface area contributed by atoms with Crippen molar-refractivity contribution in [2.45, 2.75) is 19.8 Å². The summed E-state index contributed by atoms with van der Waals surface area (Å²) in [5, 5.41) is 1.17. The summed E-state index contributed by atoms with van der Waals surface area (Å²) in [7, 11) is 0. The molecule has 0 radical (unpaired) electrons. The van der Waals surface area contributed by atoms with Crippen LogP contribution < -0.4 is 4.90 Å². The maximum absolute atomic E-state index is 4.47.